The second kappa shape index (κ2) is 20.9. The Labute approximate surface area is 412 Å². The van der Waals surface area contributed by atoms with Crippen molar-refractivity contribution in [2.24, 2.45) is 0 Å². The fourth-order valence-electron chi connectivity index (χ4n) is 11.0. The zero-order valence-electron chi connectivity index (χ0n) is 44.7. The van der Waals surface area contributed by atoms with Gasteiger partial charge in [-0.15, -0.1) is 0 Å². The van der Waals surface area contributed by atoms with Crippen LogP contribution in [0.3, 0.4) is 0 Å². The molecule has 0 aliphatic heterocycles. The highest BCUT2D eigenvalue weighted by Gasteiger charge is 2.28. The Bertz CT molecular complexity index is 2430. The van der Waals surface area contributed by atoms with E-state index < -0.39 is 0 Å². The van der Waals surface area contributed by atoms with E-state index in [4.69, 9.17) is 4.74 Å². The molecule has 0 atom stereocenters. The van der Waals surface area contributed by atoms with Crippen molar-refractivity contribution in [1.29, 1.82) is 0 Å². The summed E-state index contributed by atoms with van der Waals surface area (Å²) in [7, 11) is 1.84. The second-order valence-electron chi connectivity index (χ2n) is 21.9. The summed E-state index contributed by atoms with van der Waals surface area (Å²) in [6, 6.07) is 49.4. The largest absolute Gasteiger partial charge is 0.497 e. The maximum Gasteiger partial charge on any atom is 0.120 e. The molecule has 1 heteroatoms. The van der Waals surface area contributed by atoms with E-state index in [0.29, 0.717) is 47.3 Å². The molecular formula is C67H80O. The molecule has 0 heterocycles. The van der Waals surface area contributed by atoms with Crippen molar-refractivity contribution in [2.45, 2.75) is 158 Å². The molecule has 0 N–H and O–H groups in total. The van der Waals surface area contributed by atoms with E-state index >= 15 is 0 Å². The molecule has 0 saturated carbocycles. The Morgan fingerprint density at radius 2 is 0.441 bits per heavy atom. The van der Waals surface area contributed by atoms with Crippen LogP contribution in [-0.2, 0) is 0 Å². The van der Waals surface area contributed by atoms with Crippen molar-refractivity contribution in [1.82, 2.24) is 0 Å². The molecule has 0 spiro atoms. The van der Waals surface area contributed by atoms with Crippen LogP contribution in [0.15, 0.2) is 127 Å². The Morgan fingerprint density at radius 3 is 0.618 bits per heavy atom. The minimum Gasteiger partial charge on any atom is -0.497 e. The third-order valence-electron chi connectivity index (χ3n) is 14.4. The average Bonchev–Trinajstić information content (AvgIpc) is 3.31. The summed E-state index contributed by atoms with van der Waals surface area (Å²) in [5.41, 5.74) is 26.4. The van der Waals surface area contributed by atoms with E-state index in [1.165, 1.54) is 100 Å². The Balaban J connectivity index is 1.74. The summed E-state index contributed by atoms with van der Waals surface area (Å²) in [5, 5.41) is 0. The Morgan fingerprint density at radius 1 is 0.250 bits per heavy atom. The van der Waals surface area contributed by atoms with Gasteiger partial charge in [0, 0.05) is 0 Å². The lowest BCUT2D eigenvalue weighted by Crippen LogP contribution is -2.05. The highest BCUT2D eigenvalue weighted by atomic mass is 16.5. The van der Waals surface area contributed by atoms with E-state index in [9.17, 15) is 0 Å². The van der Waals surface area contributed by atoms with Crippen LogP contribution in [0.5, 0.6) is 5.75 Å². The van der Waals surface area contributed by atoms with Gasteiger partial charge >= 0.3 is 0 Å². The predicted octanol–water partition coefficient (Wildman–Crippen LogP) is 20.7. The van der Waals surface area contributed by atoms with Crippen LogP contribution in [0.2, 0.25) is 0 Å². The zero-order valence-corrected chi connectivity index (χ0v) is 44.7. The SMILES string of the molecule is COc1cc(-c2c(-c3c(C(C)C)cccc3C(C)C)cccc2-c2c(C(C)C)cccc2C(C)C)cc(-c2c(-c3c(C(C)C)cccc3C(C)C)cccc2-c2c(C(C)C)cccc2C(C)C)c1. The van der Waals surface area contributed by atoms with Gasteiger partial charge in [0.25, 0.3) is 0 Å². The predicted molar refractivity (Wildman–Crippen MR) is 298 cm³/mol. The van der Waals surface area contributed by atoms with Gasteiger partial charge in [0.1, 0.15) is 5.75 Å². The lowest BCUT2D eigenvalue weighted by atomic mass is 9.76. The van der Waals surface area contributed by atoms with Gasteiger partial charge in [-0.05, 0) is 177 Å². The normalized spacial score (nSPS) is 12.1. The van der Waals surface area contributed by atoms with Crippen LogP contribution >= 0.6 is 0 Å². The van der Waals surface area contributed by atoms with Crippen molar-refractivity contribution in [2.75, 3.05) is 7.11 Å². The van der Waals surface area contributed by atoms with E-state index in [-0.39, 0.29) is 0 Å². The fraction of sp³-hybridized carbons (Fsp3) is 0.373. The quantitative estimate of drug-likeness (QED) is 0.0996. The van der Waals surface area contributed by atoms with Gasteiger partial charge in [-0.1, -0.05) is 220 Å². The van der Waals surface area contributed by atoms with Gasteiger partial charge in [-0.2, -0.15) is 0 Å². The van der Waals surface area contributed by atoms with E-state index in [0.717, 1.165) is 16.9 Å². The molecule has 0 unspecified atom stereocenters. The molecule has 0 fully saturated rings. The molecule has 1 nitrogen and oxygen atoms in total. The number of benzene rings is 7. The van der Waals surface area contributed by atoms with Gasteiger partial charge < -0.3 is 4.74 Å². The Hall–Kier alpha value is -5.66. The molecule has 0 aliphatic carbocycles. The number of hydrogen-bond donors (Lipinski definition) is 0. The first-order valence-electron chi connectivity index (χ1n) is 25.9. The van der Waals surface area contributed by atoms with Crippen molar-refractivity contribution >= 4 is 0 Å². The van der Waals surface area contributed by atoms with Crippen molar-refractivity contribution in [3.63, 3.8) is 0 Å². The maximum absolute atomic E-state index is 6.52. The van der Waals surface area contributed by atoms with E-state index in [2.05, 4.69) is 238 Å². The third-order valence-corrected chi connectivity index (χ3v) is 14.4. The highest BCUT2D eigenvalue weighted by molar-refractivity contribution is 6.02. The van der Waals surface area contributed by atoms with E-state index in [1.54, 1.807) is 0 Å². The summed E-state index contributed by atoms with van der Waals surface area (Å²) in [6.45, 7) is 37.6. The Kier molecular flexibility index (Phi) is 15.4. The van der Waals surface area contributed by atoms with Crippen molar-refractivity contribution in [3.05, 3.63) is 172 Å². The fourth-order valence-corrected chi connectivity index (χ4v) is 11.0. The molecule has 0 bridgehead atoms. The molecule has 68 heavy (non-hydrogen) atoms. The summed E-state index contributed by atoms with van der Waals surface area (Å²) < 4.78 is 6.52. The van der Waals surface area contributed by atoms with Crippen LogP contribution in [0.4, 0.5) is 0 Å². The molecule has 7 aromatic carbocycles. The van der Waals surface area contributed by atoms with Crippen molar-refractivity contribution < 1.29 is 4.74 Å². The van der Waals surface area contributed by atoms with Gasteiger partial charge in [-0.3, -0.25) is 0 Å². The molecule has 0 amide bonds. The van der Waals surface area contributed by atoms with Gasteiger partial charge in [0.15, 0.2) is 0 Å². The molecule has 7 aromatic rings. The molecule has 354 valence electrons. The highest BCUT2D eigenvalue weighted by Crippen LogP contribution is 2.52. The molecule has 0 saturated heterocycles. The number of hydrogen-bond acceptors (Lipinski definition) is 1. The lowest BCUT2D eigenvalue weighted by Gasteiger charge is -2.28. The van der Waals surface area contributed by atoms with E-state index in [1.807, 2.05) is 7.11 Å². The lowest BCUT2D eigenvalue weighted by molar-refractivity contribution is 0.415. The molecule has 0 aromatic heterocycles. The van der Waals surface area contributed by atoms with Crippen LogP contribution in [0.1, 0.15) is 203 Å². The molecule has 0 radical (unpaired) electrons. The zero-order chi connectivity index (χ0) is 49.3. The summed E-state index contributed by atoms with van der Waals surface area (Å²) in [4.78, 5) is 0. The maximum atomic E-state index is 6.52. The van der Waals surface area contributed by atoms with Crippen molar-refractivity contribution in [3.8, 4) is 72.5 Å². The van der Waals surface area contributed by atoms with Crippen LogP contribution in [-0.4, -0.2) is 7.11 Å². The third kappa shape index (κ3) is 9.66. The minimum absolute atomic E-state index is 0.331. The first kappa shape index (κ1) is 50.2. The first-order valence-corrected chi connectivity index (χ1v) is 25.9. The molecule has 0 aliphatic rings. The van der Waals surface area contributed by atoms with Crippen LogP contribution in [0, 0.1) is 0 Å². The summed E-state index contributed by atoms with van der Waals surface area (Å²) >= 11 is 0. The summed E-state index contributed by atoms with van der Waals surface area (Å²) in [6.07, 6.45) is 0. The summed E-state index contributed by atoms with van der Waals surface area (Å²) in [5.74, 6) is 3.50. The standard InChI is InChI=1S/C67H80O/c1-39(2)50-24-18-25-51(40(3)4)64(50)58-32-22-33-59(65-52(41(5)6)26-19-27-53(65)42(7)8)62(58)47-36-48(38-49(37-47)68-17)63-60(66-54(43(9)10)28-20-29-55(66)44(11)12)34-23-35-61(63)67-56(45(13)14)30-21-31-57(67)46(15)16/h18-46H,1-17H3. The average molecular weight is 901 g/mol. The molecular weight excluding hydrogens is 821 g/mol. The van der Waals surface area contributed by atoms with Crippen LogP contribution < -0.4 is 4.74 Å². The van der Waals surface area contributed by atoms with Gasteiger partial charge in [0.05, 0.1) is 7.11 Å². The topological polar surface area (TPSA) is 9.23 Å². The number of methoxy groups -OCH3 is 1. The van der Waals surface area contributed by atoms with Crippen LogP contribution in [0.25, 0.3) is 66.8 Å². The number of rotatable bonds is 15. The monoisotopic (exact) mass is 901 g/mol. The minimum atomic E-state index is 0.331. The smallest absolute Gasteiger partial charge is 0.120 e. The second-order valence-corrected chi connectivity index (χ2v) is 21.9. The van der Waals surface area contributed by atoms with Gasteiger partial charge in [0.2, 0.25) is 0 Å². The van der Waals surface area contributed by atoms with Gasteiger partial charge in [-0.25, -0.2) is 0 Å². The first-order chi connectivity index (χ1) is 32.4. The molecule has 7 rings (SSSR count). The number of ether oxygens (including phenoxy) is 1.